The molecule has 27 heavy (non-hydrogen) atoms. The van der Waals surface area contributed by atoms with Gasteiger partial charge in [-0.15, -0.1) is 0 Å². The molecule has 0 saturated carbocycles. The average molecular weight is 379 g/mol. The van der Waals surface area contributed by atoms with Crippen LogP contribution in [0.15, 0.2) is 18.2 Å². The van der Waals surface area contributed by atoms with E-state index in [4.69, 9.17) is 4.74 Å². The van der Waals surface area contributed by atoms with Crippen LogP contribution in [-0.4, -0.2) is 64.6 Å². The van der Waals surface area contributed by atoms with Crippen LogP contribution in [0.2, 0.25) is 0 Å². The SMILES string of the molecule is CC(C)(C)OC(=O)N1CCN(c2cc(C=O)ccc2[N+](=O)[O-])C[C@H]1C(=O)O. The van der Waals surface area contributed by atoms with E-state index in [2.05, 4.69) is 0 Å². The van der Waals surface area contributed by atoms with Crippen LogP contribution in [0.25, 0.3) is 0 Å². The first-order valence-corrected chi connectivity index (χ1v) is 8.24. The number of nitrogens with zero attached hydrogens (tertiary/aromatic N) is 3. The number of hydrogen-bond acceptors (Lipinski definition) is 7. The summed E-state index contributed by atoms with van der Waals surface area (Å²) < 4.78 is 5.25. The molecule has 1 saturated heterocycles. The first-order chi connectivity index (χ1) is 12.5. The summed E-state index contributed by atoms with van der Waals surface area (Å²) in [5.74, 6) is -1.25. The second-order valence-electron chi connectivity index (χ2n) is 7.10. The standard InChI is InChI=1S/C17H21N3O7/c1-17(2,3)27-16(24)19-7-6-18(9-14(19)15(22)23)13-8-11(10-21)4-5-12(13)20(25)26/h4-5,8,10,14H,6-7,9H2,1-3H3,(H,22,23)/t14-/m0/s1. The van der Waals surface area contributed by atoms with E-state index in [0.717, 1.165) is 4.90 Å². The number of ether oxygens (including phenoxy) is 1. The Kier molecular flexibility index (Phi) is 5.67. The van der Waals surface area contributed by atoms with Gasteiger partial charge >= 0.3 is 12.1 Å². The third-order valence-electron chi connectivity index (χ3n) is 3.97. The minimum absolute atomic E-state index is 0.00828. The maximum atomic E-state index is 12.3. The number of piperazine rings is 1. The van der Waals surface area contributed by atoms with Gasteiger partial charge in [-0.2, -0.15) is 0 Å². The molecule has 1 atom stereocenters. The number of aldehydes is 1. The molecule has 0 spiro atoms. The Morgan fingerprint density at radius 1 is 1.33 bits per heavy atom. The van der Waals surface area contributed by atoms with Crippen molar-refractivity contribution >= 4 is 29.7 Å². The summed E-state index contributed by atoms with van der Waals surface area (Å²) in [6, 6.07) is 2.62. The van der Waals surface area contributed by atoms with Gasteiger partial charge in [0.1, 0.15) is 23.6 Å². The second kappa shape index (κ2) is 7.60. The zero-order valence-electron chi connectivity index (χ0n) is 15.2. The van der Waals surface area contributed by atoms with E-state index in [1.165, 1.54) is 23.1 Å². The van der Waals surface area contributed by atoms with E-state index in [-0.39, 0.29) is 36.6 Å². The molecule has 10 heteroatoms. The molecule has 1 aromatic rings. The lowest BCUT2D eigenvalue weighted by Crippen LogP contribution is -2.59. The van der Waals surface area contributed by atoms with Gasteiger partial charge in [-0.3, -0.25) is 19.8 Å². The highest BCUT2D eigenvalue weighted by Gasteiger charge is 2.39. The first-order valence-electron chi connectivity index (χ1n) is 8.24. The summed E-state index contributed by atoms with van der Waals surface area (Å²) in [4.78, 5) is 48.3. The summed E-state index contributed by atoms with van der Waals surface area (Å²) in [6.45, 7) is 5.01. The Morgan fingerprint density at radius 2 is 2.00 bits per heavy atom. The number of benzene rings is 1. The second-order valence-corrected chi connectivity index (χ2v) is 7.10. The molecule has 1 N–H and O–H groups in total. The van der Waals surface area contributed by atoms with Crippen molar-refractivity contribution in [1.29, 1.82) is 0 Å². The van der Waals surface area contributed by atoms with Crippen molar-refractivity contribution in [3.05, 3.63) is 33.9 Å². The Labute approximate surface area is 155 Å². The molecule has 10 nitrogen and oxygen atoms in total. The number of amides is 1. The van der Waals surface area contributed by atoms with Gasteiger partial charge < -0.3 is 14.7 Å². The topological polar surface area (TPSA) is 130 Å². The molecule has 1 aliphatic heterocycles. The Morgan fingerprint density at radius 3 is 2.52 bits per heavy atom. The van der Waals surface area contributed by atoms with Gasteiger partial charge in [0, 0.05) is 31.3 Å². The molecule has 0 aliphatic carbocycles. The Hall–Kier alpha value is -3.17. The van der Waals surface area contributed by atoms with Crippen LogP contribution in [0.5, 0.6) is 0 Å². The lowest BCUT2D eigenvalue weighted by Gasteiger charge is -2.40. The number of aliphatic carboxylic acids is 1. The van der Waals surface area contributed by atoms with Crippen LogP contribution in [0.4, 0.5) is 16.2 Å². The highest BCUT2D eigenvalue weighted by atomic mass is 16.6. The zero-order valence-corrected chi connectivity index (χ0v) is 15.2. The predicted molar refractivity (Wildman–Crippen MR) is 95.1 cm³/mol. The molecule has 1 amide bonds. The van der Waals surface area contributed by atoms with E-state index in [0.29, 0.717) is 6.29 Å². The molecule has 1 aromatic carbocycles. The van der Waals surface area contributed by atoms with Gasteiger partial charge in [0.25, 0.3) is 5.69 Å². The maximum absolute atomic E-state index is 12.3. The molecular formula is C17H21N3O7. The van der Waals surface area contributed by atoms with Crippen LogP contribution in [0, 0.1) is 10.1 Å². The predicted octanol–water partition coefficient (Wildman–Crippen LogP) is 1.92. The smallest absolute Gasteiger partial charge is 0.411 e. The summed E-state index contributed by atoms with van der Waals surface area (Å²) >= 11 is 0. The third-order valence-corrected chi connectivity index (χ3v) is 3.97. The van der Waals surface area contributed by atoms with Crippen LogP contribution in [0.1, 0.15) is 31.1 Å². The molecule has 146 valence electrons. The van der Waals surface area contributed by atoms with Crippen LogP contribution in [0.3, 0.4) is 0 Å². The number of carboxylic acid groups (broad SMARTS) is 1. The summed E-state index contributed by atoms with van der Waals surface area (Å²) in [7, 11) is 0. The third kappa shape index (κ3) is 4.72. The summed E-state index contributed by atoms with van der Waals surface area (Å²) in [5.41, 5.74) is -0.652. The quantitative estimate of drug-likeness (QED) is 0.477. The van der Waals surface area contributed by atoms with Crippen molar-refractivity contribution in [2.24, 2.45) is 0 Å². The van der Waals surface area contributed by atoms with E-state index >= 15 is 0 Å². The van der Waals surface area contributed by atoms with Crippen molar-refractivity contribution < 1.29 is 29.2 Å². The number of rotatable bonds is 4. The number of nitro benzene ring substituents is 1. The Balaban J connectivity index is 2.32. The van der Waals surface area contributed by atoms with Crippen molar-refractivity contribution in [3.8, 4) is 0 Å². The van der Waals surface area contributed by atoms with Gasteiger partial charge in [-0.05, 0) is 32.9 Å². The fourth-order valence-corrected chi connectivity index (χ4v) is 2.77. The molecule has 0 radical (unpaired) electrons. The van der Waals surface area contributed by atoms with E-state index < -0.39 is 28.6 Å². The Bertz CT molecular complexity index is 772. The number of carbonyl (C=O) groups excluding carboxylic acids is 2. The minimum Gasteiger partial charge on any atom is -0.480 e. The highest BCUT2D eigenvalue weighted by Crippen LogP contribution is 2.31. The van der Waals surface area contributed by atoms with Crippen LogP contribution >= 0.6 is 0 Å². The lowest BCUT2D eigenvalue weighted by atomic mass is 10.1. The molecule has 0 aromatic heterocycles. The molecule has 1 heterocycles. The minimum atomic E-state index is -1.25. The molecule has 0 unspecified atom stereocenters. The number of hydrogen-bond donors (Lipinski definition) is 1. The zero-order chi connectivity index (χ0) is 20.4. The van der Waals surface area contributed by atoms with Crippen molar-refractivity contribution in [3.63, 3.8) is 0 Å². The van der Waals surface area contributed by atoms with Gasteiger partial charge in [0.15, 0.2) is 0 Å². The first kappa shape index (κ1) is 20.1. The molecular weight excluding hydrogens is 358 g/mol. The van der Waals surface area contributed by atoms with E-state index in [1.807, 2.05) is 0 Å². The molecule has 0 bridgehead atoms. The molecule has 1 fully saturated rings. The van der Waals surface area contributed by atoms with Crippen LogP contribution in [-0.2, 0) is 9.53 Å². The normalized spacial score (nSPS) is 17.4. The van der Waals surface area contributed by atoms with E-state index in [1.54, 1.807) is 20.8 Å². The maximum Gasteiger partial charge on any atom is 0.411 e. The van der Waals surface area contributed by atoms with Crippen molar-refractivity contribution in [2.75, 3.05) is 24.5 Å². The molecule has 2 rings (SSSR count). The fourth-order valence-electron chi connectivity index (χ4n) is 2.77. The van der Waals surface area contributed by atoms with Gasteiger partial charge in [-0.25, -0.2) is 9.59 Å². The number of anilines is 1. The van der Waals surface area contributed by atoms with E-state index in [9.17, 15) is 29.6 Å². The van der Waals surface area contributed by atoms with Crippen molar-refractivity contribution in [2.45, 2.75) is 32.4 Å². The largest absolute Gasteiger partial charge is 0.480 e. The number of carboxylic acids is 1. The number of nitro groups is 1. The van der Waals surface area contributed by atoms with Gasteiger partial charge in [0.2, 0.25) is 0 Å². The summed E-state index contributed by atoms with van der Waals surface area (Å²) in [5, 5.41) is 20.8. The van der Waals surface area contributed by atoms with Gasteiger partial charge in [0.05, 0.1) is 4.92 Å². The molecule has 1 aliphatic rings. The highest BCUT2D eigenvalue weighted by molar-refractivity contribution is 5.83. The van der Waals surface area contributed by atoms with Crippen molar-refractivity contribution in [1.82, 2.24) is 4.90 Å². The lowest BCUT2D eigenvalue weighted by molar-refractivity contribution is -0.384. The monoisotopic (exact) mass is 379 g/mol. The average Bonchev–Trinajstić information content (AvgIpc) is 2.58. The summed E-state index contributed by atoms with van der Waals surface area (Å²) in [6.07, 6.45) is -0.204. The number of carbonyl (C=O) groups is 3. The fraction of sp³-hybridized carbons (Fsp3) is 0.471. The van der Waals surface area contributed by atoms with Crippen LogP contribution < -0.4 is 4.90 Å². The van der Waals surface area contributed by atoms with Gasteiger partial charge in [-0.1, -0.05) is 0 Å².